The average Bonchev–Trinajstić information content (AvgIpc) is 2.85. The molecule has 2 aliphatic rings. The first-order valence-corrected chi connectivity index (χ1v) is 9.68. The Morgan fingerprint density at radius 3 is 2.77 bits per heavy atom. The van der Waals surface area contributed by atoms with Crippen LogP contribution >= 0.6 is 0 Å². The van der Waals surface area contributed by atoms with Crippen LogP contribution in [0.2, 0.25) is 0 Å². The molecule has 1 aromatic rings. The summed E-state index contributed by atoms with van der Waals surface area (Å²) in [7, 11) is -6.35. The highest BCUT2D eigenvalue weighted by atomic mass is 16.5. The fourth-order valence-electron chi connectivity index (χ4n) is 4.10. The number of methoxy groups -OCH3 is 2. The average molecular weight is 436 g/mol. The number of hydrogen-bond donors (Lipinski definition) is 1. The Kier molecular flexibility index (Phi) is 2.99. The molecule has 30 heavy (non-hydrogen) atoms. The third-order valence-electron chi connectivity index (χ3n) is 5.44. The highest BCUT2D eigenvalue weighted by Gasteiger charge is 2.41. The van der Waals surface area contributed by atoms with E-state index in [1.54, 1.807) is 4.90 Å². The van der Waals surface area contributed by atoms with Crippen molar-refractivity contribution in [2.24, 2.45) is 23.5 Å². The Morgan fingerprint density at radius 1 is 1.37 bits per heavy atom. The summed E-state index contributed by atoms with van der Waals surface area (Å²) in [5.41, 5.74) is 5.80. The smallest absolute Gasteiger partial charge is 0.323 e. The van der Waals surface area contributed by atoms with Crippen LogP contribution in [0.3, 0.4) is 0 Å². The van der Waals surface area contributed by atoms with Crippen molar-refractivity contribution in [3.63, 3.8) is 0 Å². The molecule has 0 radical (unpaired) electrons. The van der Waals surface area contributed by atoms with E-state index in [1.165, 1.54) is 0 Å². The fourth-order valence-corrected chi connectivity index (χ4v) is 4.10. The van der Waals surface area contributed by atoms with Gasteiger partial charge in [0, 0.05) is 41.1 Å². The first-order valence-electron chi connectivity index (χ1n) is 18.2. The molecule has 0 amide bonds. The van der Waals surface area contributed by atoms with E-state index in [2.05, 4.69) is 0 Å². The van der Waals surface area contributed by atoms with Gasteiger partial charge in [-0.2, -0.15) is 0 Å². The van der Waals surface area contributed by atoms with Crippen LogP contribution in [0.4, 0.5) is 0 Å². The van der Waals surface area contributed by atoms with Crippen LogP contribution in [0.15, 0.2) is 12.1 Å². The van der Waals surface area contributed by atoms with Crippen molar-refractivity contribution < 1.29 is 42.3 Å². The standard InChI is InChI=1S/C24H38N2O4/c1-14(2)9-17-13-26-8-7-16-10-21(28-5)22(29-6)11-18(16)19(26)12-20(17)30-24(27)23(25)15(3)4/h10-11,14-15,17,19-20,23H,7-9,12-13,25H2,1-6H3/t17?,19?,20?,23-/m0/s1/i3D3,4D3,5D3,6D3,10D,11D,15D,20D,23D. The number of hydrogen-bond acceptors (Lipinski definition) is 6. The second-order valence-corrected chi connectivity index (χ2v) is 7.94. The third kappa shape index (κ3) is 4.75. The lowest BCUT2D eigenvalue weighted by Gasteiger charge is -2.47. The van der Waals surface area contributed by atoms with E-state index in [1.807, 2.05) is 13.8 Å². The van der Waals surface area contributed by atoms with Crippen molar-refractivity contribution in [2.45, 2.75) is 65.0 Å². The summed E-state index contributed by atoms with van der Waals surface area (Å²) in [6.45, 7) is -3.70. The van der Waals surface area contributed by atoms with Crippen molar-refractivity contribution in [1.29, 1.82) is 0 Å². The zero-order valence-corrected chi connectivity index (χ0v) is 16.9. The van der Waals surface area contributed by atoms with Crippen LogP contribution in [-0.4, -0.2) is 50.1 Å². The molecule has 0 aliphatic carbocycles. The van der Waals surface area contributed by atoms with Gasteiger partial charge in [0.15, 0.2) is 11.5 Å². The number of carbonyl (C=O) groups excluding carboxylic acids is 1. The maximum Gasteiger partial charge on any atom is 0.323 e. The van der Waals surface area contributed by atoms with Gasteiger partial charge < -0.3 is 19.9 Å². The number of carbonyl (C=O) groups is 1. The lowest BCUT2D eigenvalue weighted by Crippen LogP contribution is -2.51. The lowest BCUT2D eigenvalue weighted by atomic mass is 9.79. The molecule has 1 fully saturated rings. The molecular formula is C24H38N2O4. The van der Waals surface area contributed by atoms with Crippen LogP contribution < -0.4 is 15.2 Å². The van der Waals surface area contributed by atoms with Crippen LogP contribution in [0, 0.1) is 17.7 Å². The number of esters is 1. The van der Waals surface area contributed by atoms with Gasteiger partial charge >= 0.3 is 5.97 Å². The first kappa shape index (κ1) is 9.37. The molecule has 1 saturated heterocycles. The lowest BCUT2D eigenvalue weighted by molar-refractivity contribution is -0.160. The molecule has 4 atom stereocenters. The van der Waals surface area contributed by atoms with E-state index in [-0.39, 0.29) is 43.0 Å². The number of fused-ring (bicyclic) bond motifs is 3. The predicted molar refractivity (Wildman–Crippen MR) is 118 cm³/mol. The molecule has 0 aromatic heterocycles. The second kappa shape index (κ2) is 9.56. The molecule has 168 valence electrons. The summed E-state index contributed by atoms with van der Waals surface area (Å²) >= 11 is 0. The Bertz CT molecular complexity index is 1340. The van der Waals surface area contributed by atoms with Gasteiger partial charge in [0.2, 0.25) is 0 Å². The van der Waals surface area contributed by atoms with Crippen molar-refractivity contribution in [1.82, 2.24) is 4.90 Å². The van der Waals surface area contributed by atoms with Gasteiger partial charge in [0.05, 0.1) is 27.8 Å². The van der Waals surface area contributed by atoms with Crippen LogP contribution in [0.25, 0.3) is 0 Å². The number of nitrogens with two attached hydrogens (primary N) is 1. The third-order valence-corrected chi connectivity index (χ3v) is 5.44. The summed E-state index contributed by atoms with van der Waals surface area (Å²) in [4.78, 5) is 15.3. The summed E-state index contributed by atoms with van der Waals surface area (Å²) in [6, 6.07) is -6.00. The zero-order chi connectivity index (χ0) is 36.5. The van der Waals surface area contributed by atoms with Gasteiger partial charge in [0.25, 0.3) is 0 Å². The van der Waals surface area contributed by atoms with Crippen molar-refractivity contribution >= 4 is 5.97 Å². The zero-order valence-electron chi connectivity index (χ0n) is 33.9. The summed E-state index contributed by atoms with van der Waals surface area (Å²) in [5.74, 6) is -8.42. The van der Waals surface area contributed by atoms with E-state index >= 15 is 0 Å². The molecule has 2 N–H and O–H groups in total. The molecule has 2 aliphatic heterocycles. The SMILES string of the molecule is [2H]c1c2c(c([2H])c(OC([2H])([2H])[2H])c1OC([2H])([2H])[2H])C1CC([2H])(OC(=O)[C@@]([2H])(N)C([2H])(C([2H])([2H])[2H])C([2H])([2H])[2H])C(CC(C)C)CN1CC2. The molecule has 1 aromatic carbocycles. The monoisotopic (exact) mass is 435 g/mol. The highest BCUT2D eigenvalue weighted by Crippen LogP contribution is 2.44. The molecule has 0 spiro atoms. The Balaban J connectivity index is 2.20. The molecule has 3 unspecified atom stereocenters. The number of piperidine rings is 1. The minimum atomic E-state index is -3.87. The quantitative estimate of drug-likeness (QED) is 0.660. The molecule has 2 heterocycles. The summed E-state index contributed by atoms with van der Waals surface area (Å²) in [6.07, 6.45) is -2.55. The van der Waals surface area contributed by atoms with Crippen LogP contribution in [-0.2, 0) is 16.0 Å². The van der Waals surface area contributed by atoms with Crippen molar-refractivity contribution in [2.75, 3.05) is 27.2 Å². The van der Waals surface area contributed by atoms with Gasteiger partial charge in [-0.1, -0.05) is 27.6 Å². The van der Waals surface area contributed by atoms with Gasteiger partial charge in [-0.05, 0) is 47.9 Å². The Hall–Kier alpha value is -1.79. The van der Waals surface area contributed by atoms with Crippen molar-refractivity contribution in [3.8, 4) is 11.5 Å². The maximum absolute atomic E-state index is 13.5. The number of ether oxygens (including phenoxy) is 3. The number of nitrogens with zero attached hydrogens (tertiary/aromatic N) is 1. The first-order chi connectivity index (χ1) is 20.9. The van der Waals surface area contributed by atoms with E-state index in [4.69, 9.17) is 41.9 Å². The van der Waals surface area contributed by atoms with Gasteiger partial charge in [-0.25, -0.2) is 0 Å². The normalized spacial score (nSPS) is 38.7. The molecule has 6 nitrogen and oxygen atoms in total. The van der Waals surface area contributed by atoms with E-state index in [0.717, 1.165) is 0 Å². The van der Waals surface area contributed by atoms with E-state index in [0.29, 0.717) is 0 Å². The molecule has 6 heteroatoms. The fraction of sp³-hybridized carbons (Fsp3) is 0.708. The predicted octanol–water partition coefficient (Wildman–Crippen LogP) is 3.56. The number of benzene rings is 1. The topological polar surface area (TPSA) is 74.0 Å². The Morgan fingerprint density at radius 2 is 2.10 bits per heavy atom. The van der Waals surface area contributed by atoms with Crippen LogP contribution in [0.1, 0.15) is 80.9 Å². The summed E-state index contributed by atoms with van der Waals surface area (Å²) < 4.78 is 150. The largest absolute Gasteiger partial charge is 0.493 e. The molecular weight excluding hydrogens is 380 g/mol. The molecule has 0 saturated carbocycles. The second-order valence-electron chi connectivity index (χ2n) is 7.94. The van der Waals surface area contributed by atoms with Crippen molar-refractivity contribution in [3.05, 3.63) is 23.2 Å². The molecule has 0 bridgehead atoms. The minimum absolute atomic E-state index is 0.00888. The summed E-state index contributed by atoms with van der Waals surface area (Å²) in [5, 5.41) is 0. The van der Waals surface area contributed by atoms with E-state index < -0.39 is 93.7 Å². The van der Waals surface area contributed by atoms with Gasteiger partial charge in [-0.15, -0.1) is 0 Å². The van der Waals surface area contributed by atoms with Gasteiger partial charge in [0.1, 0.15) is 12.1 Å². The highest BCUT2D eigenvalue weighted by molar-refractivity contribution is 5.76. The molecule has 3 rings (SSSR count). The Labute approximate surface area is 204 Å². The van der Waals surface area contributed by atoms with Gasteiger partial charge in [-0.3, -0.25) is 9.69 Å². The minimum Gasteiger partial charge on any atom is -0.493 e. The van der Waals surface area contributed by atoms with Crippen LogP contribution in [0.5, 0.6) is 11.5 Å². The number of rotatable bonds is 7. The van der Waals surface area contributed by atoms with E-state index in [9.17, 15) is 6.17 Å². The maximum atomic E-state index is 13.5.